The zero-order chi connectivity index (χ0) is 41.6. The highest BCUT2D eigenvalue weighted by molar-refractivity contribution is 7.86. The van der Waals surface area contributed by atoms with E-state index in [1.807, 2.05) is 65.0 Å². The molecule has 18 heteroatoms. The van der Waals surface area contributed by atoms with Crippen molar-refractivity contribution in [2.45, 2.75) is 87.1 Å². The number of unbranched alkanes of at least 4 members (excludes halogenated alkanes) is 2. The van der Waals surface area contributed by atoms with Crippen LogP contribution in [0, 0.1) is 0 Å². The zero-order valence-electron chi connectivity index (χ0n) is 31.2. The van der Waals surface area contributed by atoms with Crippen LogP contribution in [0.1, 0.15) is 71.4 Å². The molecule has 4 rings (SSSR count). The lowest BCUT2D eigenvalue weighted by atomic mass is 9.81. The lowest BCUT2D eigenvalue weighted by Crippen LogP contribution is -2.28. The highest BCUT2D eigenvalue weighted by atomic mass is 32.2. The van der Waals surface area contributed by atoms with Crippen LogP contribution in [0.5, 0.6) is 0 Å². The van der Waals surface area contributed by atoms with Crippen LogP contribution in [0.15, 0.2) is 82.3 Å². The minimum atomic E-state index is -5.08. The van der Waals surface area contributed by atoms with Crippen LogP contribution in [-0.4, -0.2) is 85.6 Å². The molecule has 2 heterocycles. The molecule has 2 aromatic carbocycles. The van der Waals surface area contributed by atoms with Crippen molar-refractivity contribution in [3.05, 3.63) is 83.6 Å². The van der Waals surface area contributed by atoms with Crippen LogP contribution in [-0.2, 0) is 40.7 Å². The largest absolute Gasteiger partial charge is 0.744 e. The summed E-state index contributed by atoms with van der Waals surface area (Å²) in [5, 5.41) is 9.91. The topological polar surface area (TPSA) is 210 Å². The fraction of sp³-hybridized carbons (Fsp3) is 0.432. The van der Waals surface area contributed by atoms with E-state index in [0.29, 0.717) is 32.6 Å². The number of allylic oxidation sites excluding steroid dienone is 6. The molecule has 0 radical (unpaired) electrons. The Kier molecular flexibility index (Phi) is 14.4. The zero-order valence-corrected chi connectivity index (χ0v) is 32.8. The monoisotopic (exact) mass is 812 g/mol. The van der Waals surface area contributed by atoms with E-state index in [9.17, 15) is 43.9 Å². The summed E-state index contributed by atoms with van der Waals surface area (Å²) in [7, 11) is -8.97. The summed E-state index contributed by atoms with van der Waals surface area (Å²) in [6.45, 7) is 12.2. The number of rotatable bonds is 14. The number of nitrogens with one attached hydrogen (secondary N) is 1. The normalized spacial score (nSPS) is 17.1. The SMILES string of the molecule is CCN1/C(=C/C=C/C=C/C2=[N+](CCCCCC(=O)NCCN)c3ccc(S(=O)(=O)O)cc3C2(C)C)C(C)(C)c2cc(S(=O)(=O)[O-])ccc21.O=C(O)C(F)(F)F. The summed E-state index contributed by atoms with van der Waals surface area (Å²) in [6, 6.07) is 9.18. The first-order valence-corrected chi connectivity index (χ1v) is 20.2. The lowest BCUT2D eigenvalue weighted by Gasteiger charge is -2.25. The Morgan fingerprint density at radius 1 is 0.945 bits per heavy atom. The second kappa shape index (κ2) is 17.6. The highest BCUT2D eigenvalue weighted by Gasteiger charge is 2.45. The van der Waals surface area contributed by atoms with Crippen molar-refractivity contribution in [2.24, 2.45) is 5.73 Å². The van der Waals surface area contributed by atoms with Gasteiger partial charge in [-0.3, -0.25) is 9.35 Å². The molecule has 5 N–H and O–H groups in total. The Bertz CT molecular complexity index is 2120. The maximum absolute atomic E-state index is 12.0. The van der Waals surface area contributed by atoms with Crippen molar-refractivity contribution in [3.8, 4) is 0 Å². The van der Waals surface area contributed by atoms with Crippen LogP contribution in [0.3, 0.4) is 0 Å². The number of carbonyl (C=O) groups excluding carboxylic acids is 1. The van der Waals surface area contributed by atoms with E-state index in [1.54, 1.807) is 12.1 Å². The van der Waals surface area contributed by atoms with Gasteiger partial charge in [-0.05, 0) is 75.6 Å². The van der Waals surface area contributed by atoms with Crippen molar-refractivity contribution in [3.63, 3.8) is 0 Å². The number of amides is 1. The van der Waals surface area contributed by atoms with Gasteiger partial charge in [0, 0.05) is 67.0 Å². The smallest absolute Gasteiger partial charge is 0.490 e. The van der Waals surface area contributed by atoms with Crippen LogP contribution < -0.4 is 16.0 Å². The minimum absolute atomic E-state index is 0.0186. The third-order valence-corrected chi connectivity index (χ3v) is 11.0. The average molecular weight is 813 g/mol. The number of carboxylic acids is 1. The van der Waals surface area contributed by atoms with Gasteiger partial charge in [-0.25, -0.2) is 13.2 Å². The molecule has 13 nitrogen and oxygen atoms in total. The molecule has 2 aromatic rings. The number of fused-ring (bicyclic) bond motifs is 2. The van der Waals surface area contributed by atoms with Crippen LogP contribution >= 0.6 is 0 Å². The summed E-state index contributed by atoms with van der Waals surface area (Å²) in [5.41, 5.74) is 9.54. The van der Waals surface area contributed by atoms with E-state index in [4.69, 9.17) is 15.6 Å². The molecule has 0 aromatic heterocycles. The van der Waals surface area contributed by atoms with Gasteiger partial charge in [-0.15, -0.1) is 0 Å². The van der Waals surface area contributed by atoms with E-state index in [2.05, 4.69) is 14.8 Å². The minimum Gasteiger partial charge on any atom is -0.744 e. The molecule has 0 fully saturated rings. The van der Waals surface area contributed by atoms with Crippen molar-refractivity contribution >= 4 is 49.2 Å². The lowest BCUT2D eigenvalue weighted by molar-refractivity contribution is -0.438. The quantitative estimate of drug-likeness (QED) is 0.0833. The van der Waals surface area contributed by atoms with E-state index in [0.717, 1.165) is 53.2 Å². The number of likely N-dealkylation sites (N-methyl/N-ethyl adjacent to an activating group) is 1. The van der Waals surface area contributed by atoms with Crippen molar-refractivity contribution < 1.29 is 58.4 Å². The predicted molar refractivity (Wildman–Crippen MR) is 200 cm³/mol. The van der Waals surface area contributed by atoms with Crippen LogP contribution in [0.25, 0.3) is 0 Å². The first-order valence-electron chi connectivity index (χ1n) is 17.4. The average Bonchev–Trinajstić information content (AvgIpc) is 3.43. The van der Waals surface area contributed by atoms with Gasteiger partial charge in [0.1, 0.15) is 16.7 Å². The molecule has 0 aliphatic carbocycles. The number of aliphatic carboxylic acids is 1. The van der Waals surface area contributed by atoms with Crippen molar-refractivity contribution in [2.75, 3.05) is 31.1 Å². The third-order valence-electron chi connectivity index (χ3n) is 9.35. The predicted octanol–water partition coefficient (Wildman–Crippen LogP) is 5.30. The molecule has 0 bridgehead atoms. The maximum atomic E-state index is 12.0. The van der Waals surface area contributed by atoms with Gasteiger partial charge in [0.15, 0.2) is 5.71 Å². The van der Waals surface area contributed by atoms with Crippen LogP contribution in [0.2, 0.25) is 0 Å². The third kappa shape index (κ3) is 10.9. The Morgan fingerprint density at radius 3 is 2.13 bits per heavy atom. The number of benzene rings is 2. The standard InChI is InChI=1S/C35H46N4O7S2.C2HF3O2/c1-6-38-29-18-16-25(47(41,42)43)23-27(29)34(2,3)31(38)13-9-7-10-14-32-35(4,5)28-24-26(48(44,45)46)17-19-30(28)39(32)22-12-8-11-15-33(40)37-21-20-36;3-2(4,5)1(6)7/h7,9-10,13-14,16-19,23-24H,6,8,11-12,15,20-22,36H2,1-5H3,(H2-,37,40,41,42,43,44,45,46);(H,6,7). The van der Waals surface area contributed by atoms with E-state index in [-0.39, 0.29) is 15.7 Å². The molecule has 0 saturated carbocycles. The van der Waals surface area contributed by atoms with Gasteiger partial charge in [0.2, 0.25) is 11.6 Å². The molecule has 0 saturated heterocycles. The van der Waals surface area contributed by atoms with Crippen molar-refractivity contribution in [1.82, 2.24) is 5.32 Å². The molecule has 0 unspecified atom stereocenters. The summed E-state index contributed by atoms with van der Waals surface area (Å²) in [4.78, 5) is 22.6. The fourth-order valence-corrected chi connectivity index (χ4v) is 7.60. The van der Waals surface area contributed by atoms with Gasteiger partial charge < -0.3 is 25.6 Å². The van der Waals surface area contributed by atoms with Gasteiger partial charge in [-0.2, -0.15) is 26.2 Å². The van der Waals surface area contributed by atoms with Gasteiger partial charge in [0.05, 0.1) is 15.2 Å². The molecular formula is C37H47F3N4O9S2. The number of carbonyl (C=O) groups is 2. The molecule has 2 aliphatic heterocycles. The number of nitrogens with two attached hydrogens (primary N) is 1. The van der Waals surface area contributed by atoms with Gasteiger partial charge >= 0.3 is 12.1 Å². The molecule has 55 heavy (non-hydrogen) atoms. The fourth-order valence-electron chi connectivity index (χ4n) is 6.60. The van der Waals surface area contributed by atoms with E-state index in [1.165, 1.54) is 24.3 Å². The Hall–Kier alpha value is -4.36. The second-order valence-electron chi connectivity index (χ2n) is 13.9. The second-order valence-corrected chi connectivity index (χ2v) is 16.7. The van der Waals surface area contributed by atoms with Gasteiger partial charge in [0.25, 0.3) is 10.1 Å². The number of anilines is 1. The number of alkyl halides is 3. The number of hydrogen-bond donors (Lipinski definition) is 4. The summed E-state index contributed by atoms with van der Waals surface area (Å²) in [6.07, 6.45) is 7.42. The molecule has 0 spiro atoms. The number of halogens is 3. The summed E-state index contributed by atoms with van der Waals surface area (Å²) < 4.78 is 103. The molecule has 302 valence electrons. The van der Waals surface area contributed by atoms with E-state index >= 15 is 0 Å². The number of carboxylic acid groups (broad SMARTS) is 1. The van der Waals surface area contributed by atoms with Gasteiger partial charge in [-0.1, -0.05) is 32.1 Å². The molecule has 1 amide bonds. The Morgan fingerprint density at radius 2 is 1.56 bits per heavy atom. The first-order chi connectivity index (χ1) is 25.4. The van der Waals surface area contributed by atoms with Crippen LogP contribution in [0.4, 0.5) is 24.5 Å². The Labute approximate surface area is 319 Å². The summed E-state index contributed by atoms with van der Waals surface area (Å²) in [5.74, 6) is -2.78. The maximum Gasteiger partial charge on any atom is 0.490 e. The van der Waals surface area contributed by atoms with E-state index < -0.39 is 43.2 Å². The van der Waals surface area contributed by atoms with Crippen molar-refractivity contribution in [1.29, 1.82) is 0 Å². The number of hydrogen-bond acceptors (Lipinski definition) is 9. The Balaban J connectivity index is 0.00000106. The summed E-state index contributed by atoms with van der Waals surface area (Å²) >= 11 is 0. The molecule has 0 atom stereocenters. The highest BCUT2D eigenvalue weighted by Crippen LogP contribution is 2.48. The first kappa shape index (κ1) is 45.0. The molecule has 2 aliphatic rings. The molecular weight excluding hydrogens is 766 g/mol. The number of nitrogens with zero attached hydrogens (tertiary/aromatic N) is 2.